The van der Waals surface area contributed by atoms with Crippen molar-refractivity contribution in [2.45, 2.75) is 32.6 Å². The van der Waals surface area contributed by atoms with Gasteiger partial charge in [0, 0.05) is 6.42 Å². The molecule has 0 spiro atoms. The SMILES string of the molecule is CC(C)(C)c1ccc(Cc2ncc(C(=O)O)[nH]2)cc1. The van der Waals surface area contributed by atoms with Crippen LogP contribution < -0.4 is 0 Å². The van der Waals surface area contributed by atoms with Gasteiger partial charge in [-0.1, -0.05) is 45.0 Å². The van der Waals surface area contributed by atoms with E-state index in [0.29, 0.717) is 12.2 Å². The Morgan fingerprint density at radius 2 is 1.89 bits per heavy atom. The molecule has 0 amide bonds. The summed E-state index contributed by atoms with van der Waals surface area (Å²) in [6, 6.07) is 8.33. The second kappa shape index (κ2) is 4.88. The van der Waals surface area contributed by atoms with Crippen molar-refractivity contribution in [1.82, 2.24) is 9.97 Å². The fourth-order valence-corrected chi connectivity index (χ4v) is 1.88. The highest BCUT2D eigenvalue weighted by atomic mass is 16.4. The summed E-state index contributed by atoms with van der Waals surface area (Å²) in [6.45, 7) is 6.52. The van der Waals surface area contributed by atoms with Gasteiger partial charge < -0.3 is 10.1 Å². The molecule has 0 saturated carbocycles. The highest BCUT2D eigenvalue weighted by molar-refractivity contribution is 5.85. The van der Waals surface area contributed by atoms with Crippen molar-refractivity contribution in [2.75, 3.05) is 0 Å². The summed E-state index contributed by atoms with van der Waals surface area (Å²) in [7, 11) is 0. The summed E-state index contributed by atoms with van der Waals surface area (Å²) in [6.07, 6.45) is 1.96. The molecule has 4 nitrogen and oxygen atoms in total. The monoisotopic (exact) mass is 258 g/mol. The first kappa shape index (κ1) is 13.3. The van der Waals surface area contributed by atoms with Crippen LogP contribution in [0.3, 0.4) is 0 Å². The predicted molar refractivity (Wildman–Crippen MR) is 73.5 cm³/mol. The van der Waals surface area contributed by atoms with Gasteiger partial charge in [0.1, 0.15) is 11.5 Å². The summed E-state index contributed by atoms with van der Waals surface area (Å²) in [5.74, 6) is -0.317. The highest BCUT2D eigenvalue weighted by Crippen LogP contribution is 2.22. The van der Waals surface area contributed by atoms with E-state index >= 15 is 0 Å². The van der Waals surface area contributed by atoms with E-state index in [1.165, 1.54) is 11.8 Å². The predicted octanol–water partition coefficient (Wildman–Crippen LogP) is 3.00. The fraction of sp³-hybridized carbons (Fsp3) is 0.333. The van der Waals surface area contributed by atoms with Gasteiger partial charge in [0.15, 0.2) is 0 Å². The number of aromatic carboxylic acids is 1. The molecule has 1 aromatic heterocycles. The maximum Gasteiger partial charge on any atom is 0.353 e. The van der Waals surface area contributed by atoms with Gasteiger partial charge in [0.25, 0.3) is 0 Å². The quantitative estimate of drug-likeness (QED) is 0.889. The van der Waals surface area contributed by atoms with Crippen LogP contribution in [0.4, 0.5) is 0 Å². The number of carboxylic acid groups (broad SMARTS) is 1. The molecule has 0 saturated heterocycles. The first-order valence-electron chi connectivity index (χ1n) is 6.23. The molecule has 0 fully saturated rings. The molecule has 0 aliphatic rings. The van der Waals surface area contributed by atoms with Crippen LogP contribution >= 0.6 is 0 Å². The van der Waals surface area contributed by atoms with E-state index in [9.17, 15) is 4.79 Å². The van der Waals surface area contributed by atoms with Crippen molar-refractivity contribution in [1.29, 1.82) is 0 Å². The number of nitrogens with one attached hydrogen (secondary N) is 1. The average Bonchev–Trinajstić information content (AvgIpc) is 2.77. The molecule has 100 valence electrons. The van der Waals surface area contributed by atoms with E-state index in [1.54, 1.807) is 0 Å². The number of aromatic amines is 1. The molecule has 1 heterocycles. The van der Waals surface area contributed by atoms with E-state index < -0.39 is 5.97 Å². The maximum atomic E-state index is 10.8. The van der Waals surface area contributed by atoms with Gasteiger partial charge in [-0.2, -0.15) is 0 Å². The Bertz CT molecular complexity index is 577. The van der Waals surface area contributed by atoms with Crippen molar-refractivity contribution in [3.05, 3.63) is 53.1 Å². The molecule has 2 rings (SSSR count). The number of hydrogen-bond acceptors (Lipinski definition) is 2. The van der Waals surface area contributed by atoms with E-state index in [4.69, 9.17) is 5.11 Å². The summed E-state index contributed by atoms with van der Waals surface area (Å²) >= 11 is 0. The molecule has 0 aliphatic carbocycles. The van der Waals surface area contributed by atoms with Gasteiger partial charge in [0.2, 0.25) is 0 Å². The van der Waals surface area contributed by atoms with Crippen molar-refractivity contribution < 1.29 is 9.90 Å². The molecule has 0 atom stereocenters. The smallest absolute Gasteiger partial charge is 0.353 e. The van der Waals surface area contributed by atoms with E-state index in [-0.39, 0.29) is 11.1 Å². The third-order valence-electron chi connectivity index (χ3n) is 3.05. The number of rotatable bonds is 3. The number of carbonyl (C=O) groups is 1. The number of hydrogen-bond donors (Lipinski definition) is 2. The fourth-order valence-electron chi connectivity index (χ4n) is 1.88. The number of benzene rings is 1. The van der Waals surface area contributed by atoms with Crippen LogP contribution in [0.5, 0.6) is 0 Å². The minimum atomic E-state index is -0.984. The minimum absolute atomic E-state index is 0.126. The Morgan fingerprint density at radius 1 is 1.26 bits per heavy atom. The van der Waals surface area contributed by atoms with Gasteiger partial charge >= 0.3 is 5.97 Å². The largest absolute Gasteiger partial charge is 0.477 e. The number of imidazole rings is 1. The number of aromatic nitrogens is 2. The zero-order valence-corrected chi connectivity index (χ0v) is 11.4. The number of H-pyrrole nitrogens is 1. The van der Waals surface area contributed by atoms with E-state index in [1.807, 2.05) is 0 Å². The third kappa shape index (κ3) is 3.22. The van der Waals surface area contributed by atoms with Gasteiger partial charge in [-0.05, 0) is 16.5 Å². The zero-order chi connectivity index (χ0) is 14.0. The molecule has 0 radical (unpaired) electrons. The standard InChI is InChI=1S/C15H18N2O2/c1-15(2,3)11-6-4-10(5-7-11)8-13-16-9-12(17-13)14(18)19/h4-7,9H,8H2,1-3H3,(H,16,17)(H,18,19). The Labute approximate surface area is 112 Å². The molecule has 0 aliphatic heterocycles. The number of nitrogens with zero attached hydrogens (tertiary/aromatic N) is 1. The maximum absolute atomic E-state index is 10.8. The molecule has 4 heteroatoms. The Kier molecular flexibility index (Phi) is 3.42. The average molecular weight is 258 g/mol. The second-order valence-corrected chi connectivity index (χ2v) is 5.67. The van der Waals surface area contributed by atoms with Gasteiger partial charge in [-0.15, -0.1) is 0 Å². The molecular formula is C15H18N2O2. The lowest BCUT2D eigenvalue weighted by Crippen LogP contribution is -2.10. The lowest BCUT2D eigenvalue weighted by atomic mass is 9.86. The Hall–Kier alpha value is -2.10. The summed E-state index contributed by atoms with van der Waals surface area (Å²) < 4.78 is 0. The van der Waals surface area contributed by atoms with Crippen molar-refractivity contribution in [3.63, 3.8) is 0 Å². The van der Waals surface area contributed by atoms with Crippen LogP contribution in [0.25, 0.3) is 0 Å². The normalized spacial score (nSPS) is 11.5. The Morgan fingerprint density at radius 3 is 2.37 bits per heavy atom. The van der Waals surface area contributed by atoms with Crippen molar-refractivity contribution in [3.8, 4) is 0 Å². The van der Waals surface area contributed by atoms with Crippen LogP contribution in [-0.4, -0.2) is 21.0 Å². The second-order valence-electron chi connectivity index (χ2n) is 5.67. The van der Waals surface area contributed by atoms with Crippen LogP contribution in [-0.2, 0) is 11.8 Å². The van der Waals surface area contributed by atoms with E-state index in [2.05, 4.69) is 55.0 Å². The zero-order valence-electron chi connectivity index (χ0n) is 11.4. The molecule has 19 heavy (non-hydrogen) atoms. The molecule has 1 aromatic carbocycles. The van der Waals surface area contributed by atoms with Crippen LogP contribution in [0.2, 0.25) is 0 Å². The van der Waals surface area contributed by atoms with Gasteiger partial charge in [-0.25, -0.2) is 9.78 Å². The first-order valence-corrected chi connectivity index (χ1v) is 6.23. The summed E-state index contributed by atoms with van der Waals surface area (Å²) in [5, 5.41) is 8.82. The lowest BCUT2D eigenvalue weighted by molar-refractivity contribution is 0.0691. The summed E-state index contributed by atoms with van der Waals surface area (Å²) in [5.41, 5.74) is 2.65. The molecule has 0 unspecified atom stereocenters. The van der Waals surface area contributed by atoms with Crippen molar-refractivity contribution in [2.24, 2.45) is 0 Å². The first-order chi connectivity index (χ1) is 8.86. The minimum Gasteiger partial charge on any atom is -0.477 e. The van der Waals surface area contributed by atoms with Gasteiger partial charge in [-0.3, -0.25) is 0 Å². The molecular weight excluding hydrogens is 240 g/mol. The highest BCUT2D eigenvalue weighted by Gasteiger charge is 2.13. The lowest BCUT2D eigenvalue weighted by Gasteiger charge is -2.19. The topological polar surface area (TPSA) is 66.0 Å². The molecule has 2 aromatic rings. The summed E-state index contributed by atoms with van der Waals surface area (Å²) in [4.78, 5) is 17.6. The van der Waals surface area contributed by atoms with Crippen molar-refractivity contribution >= 4 is 5.97 Å². The van der Waals surface area contributed by atoms with Crippen LogP contribution in [0, 0.1) is 0 Å². The number of carboxylic acids is 1. The van der Waals surface area contributed by atoms with E-state index in [0.717, 1.165) is 5.56 Å². The van der Waals surface area contributed by atoms with Crippen LogP contribution in [0.1, 0.15) is 48.2 Å². The molecule has 0 bridgehead atoms. The third-order valence-corrected chi connectivity index (χ3v) is 3.05. The van der Waals surface area contributed by atoms with Gasteiger partial charge in [0.05, 0.1) is 6.20 Å². The molecule has 2 N–H and O–H groups in total. The Balaban J connectivity index is 2.13. The van der Waals surface area contributed by atoms with Crippen LogP contribution in [0.15, 0.2) is 30.5 Å².